The first-order valence-corrected chi connectivity index (χ1v) is 33.6. The number of nitrogens with one attached hydrogen (secondary N) is 1. The van der Waals surface area contributed by atoms with Gasteiger partial charge < -0.3 is 19.8 Å². The summed E-state index contributed by atoms with van der Waals surface area (Å²) >= 11 is 0. The SMILES string of the molecule is CC/C=C\C/C=C\C/C=C\C/C=C\C/C=C\C/C=C\C/C=C\C/C=C\CCCCCCCCCCC(=O)NC(COP(=O)(O)OCC[N+](C)(C)C)C(O)/C=C/CC/C=C/CC/C=C/CCCCCCCCCCCCCCCC. The molecular formula is C70H122N2O6P+. The van der Waals surface area contributed by atoms with Crippen LogP contribution in [0.3, 0.4) is 0 Å². The second-order valence-corrected chi connectivity index (χ2v) is 23.8. The smallest absolute Gasteiger partial charge is 0.387 e. The average Bonchev–Trinajstić information content (AvgIpc) is 3.42. The molecule has 0 radical (unpaired) electrons. The molecule has 0 fully saturated rings. The van der Waals surface area contributed by atoms with Crippen LogP contribution in [0, 0.1) is 0 Å². The van der Waals surface area contributed by atoms with Crippen molar-refractivity contribution < 1.29 is 32.9 Å². The van der Waals surface area contributed by atoms with Crippen molar-refractivity contribution in [2.24, 2.45) is 0 Å². The molecule has 452 valence electrons. The van der Waals surface area contributed by atoms with Crippen molar-refractivity contribution in [3.8, 4) is 0 Å². The molecule has 1 amide bonds. The first-order chi connectivity index (χ1) is 38.5. The lowest BCUT2D eigenvalue weighted by molar-refractivity contribution is -0.870. The number of allylic oxidation sites excluding steroid dienone is 21. The minimum absolute atomic E-state index is 0.0448. The molecule has 0 bridgehead atoms. The number of hydrogen-bond acceptors (Lipinski definition) is 5. The number of quaternary nitrogens is 1. The van der Waals surface area contributed by atoms with Crippen molar-refractivity contribution in [1.82, 2.24) is 5.32 Å². The molecular weight excluding hydrogens is 996 g/mol. The number of hydrogen-bond donors (Lipinski definition) is 3. The van der Waals surface area contributed by atoms with E-state index in [4.69, 9.17) is 9.05 Å². The van der Waals surface area contributed by atoms with Crippen LogP contribution in [0.5, 0.6) is 0 Å². The molecule has 0 saturated carbocycles. The van der Waals surface area contributed by atoms with Gasteiger partial charge in [-0.2, -0.15) is 0 Å². The number of phosphoric ester groups is 1. The Bertz CT molecular complexity index is 1750. The molecule has 79 heavy (non-hydrogen) atoms. The molecule has 0 aliphatic heterocycles. The van der Waals surface area contributed by atoms with E-state index in [1.54, 1.807) is 6.08 Å². The Balaban J connectivity index is 4.27. The van der Waals surface area contributed by atoms with Crippen molar-refractivity contribution >= 4 is 13.7 Å². The quantitative estimate of drug-likeness (QED) is 0.0243. The molecule has 0 rings (SSSR count). The zero-order chi connectivity index (χ0) is 57.7. The molecule has 0 aliphatic rings. The fraction of sp³-hybridized carbons (Fsp3) is 0.671. The van der Waals surface area contributed by atoms with Crippen LogP contribution in [0.15, 0.2) is 134 Å². The summed E-state index contributed by atoms with van der Waals surface area (Å²) < 4.78 is 23.7. The maximum Gasteiger partial charge on any atom is 0.472 e. The lowest BCUT2D eigenvalue weighted by Crippen LogP contribution is -2.45. The van der Waals surface area contributed by atoms with Crippen LogP contribution in [-0.4, -0.2) is 73.4 Å². The van der Waals surface area contributed by atoms with Crippen LogP contribution in [-0.2, 0) is 18.4 Å². The minimum atomic E-state index is -4.38. The zero-order valence-electron chi connectivity index (χ0n) is 51.6. The fourth-order valence-corrected chi connectivity index (χ4v) is 9.36. The van der Waals surface area contributed by atoms with E-state index < -0.39 is 20.0 Å². The molecule has 0 aliphatic carbocycles. The predicted octanol–water partition coefficient (Wildman–Crippen LogP) is 20.3. The Morgan fingerprint density at radius 2 is 0.772 bits per heavy atom. The summed E-state index contributed by atoms with van der Waals surface area (Å²) in [5.41, 5.74) is 0. The van der Waals surface area contributed by atoms with E-state index in [-0.39, 0.29) is 19.1 Å². The van der Waals surface area contributed by atoms with E-state index in [0.717, 1.165) is 109 Å². The van der Waals surface area contributed by atoms with Gasteiger partial charge in [0.05, 0.1) is 39.9 Å². The van der Waals surface area contributed by atoms with Crippen LogP contribution in [0.1, 0.15) is 251 Å². The Labute approximate surface area is 487 Å². The summed E-state index contributed by atoms with van der Waals surface area (Å²) in [4.78, 5) is 23.4. The van der Waals surface area contributed by atoms with Crippen LogP contribution in [0.2, 0.25) is 0 Å². The minimum Gasteiger partial charge on any atom is -0.387 e. The first-order valence-electron chi connectivity index (χ1n) is 32.1. The van der Waals surface area contributed by atoms with Gasteiger partial charge >= 0.3 is 7.82 Å². The largest absolute Gasteiger partial charge is 0.472 e. The van der Waals surface area contributed by atoms with Gasteiger partial charge in [0.1, 0.15) is 13.2 Å². The predicted molar refractivity (Wildman–Crippen MR) is 345 cm³/mol. The Morgan fingerprint density at radius 1 is 0.443 bits per heavy atom. The van der Waals surface area contributed by atoms with Crippen LogP contribution < -0.4 is 5.32 Å². The highest BCUT2D eigenvalue weighted by Gasteiger charge is 2.27. The number of likely N-dealkylation sites (N-methyl/N-ethyl adjacent to an activating group) is 1. The first kappa shape index (κ1) is 75.6. The molecule has 0 aromatic heterocycles. The number of carbonyl (C=O) groups excluding carboxylic acids is 1. The zero-order valence-corrected chi connectivity index (χ0v) is 52.5. The monoisotopic (exact) mass is 1120 g/mol. The second-order valence-electron chi connectivity index (χ2n) is 22.4. The Morgan fingerprint density at radius 3 is 1.16 bits per heavy atom. The van der Waals surface area contributed by atoms with Gasteiger partial charge in [0.15, 0.2) is 0 Å². The number of rotatable bonds is 57. The third kappa shape index (κ3) is 62.1. The molecule has 0 heterocycles. The average molecular weight is 1120 g/mol. The van der Waals surface area contributed by atoms with Crippen molar-refractivity contribution in [3.05, 3.63) is 134 Å². The molecule has 9 heteroatoms. The van der Waals surface area contributed by atoms with Crippen molar-refractivity contribution in [2.75, 3.05) is 40.9 Å². The van der Waals surface area contributed by atoms with Crippen molar-refractivity contribution in [3.63, 3.8) is 0 Å². The summed E-state index contributed by atoms with van der Waals surface area (Å²) in [6, 6.07) is -0.886. The summed E-state index contributed by atoms with van der Waals surface area (Å²) in [5, 5.41) is 13.9. The molecule has 0 aromatic rings. The third-order valence-electron chi connectivity index (χ3n) is 13.6. The van der Waals surface area contributed by atoms with Gasteiger partial charge in [0.25, 0.3) is 0 Å². The highest BCUT2D eigenvalue weighted by Crippen LogP contribution is 2.43. The van der Waals surface area contributed by atoms with Crippen molar-refractivity contribution in [1.29, 1.82) is 0 Å². The molecule has 0 saturated heterocycles. The van der Waals surface area contributed by atoms with Gasteiger partial charge in [0.2, 0.25) is 5.91 Å². The molecule has 3 N–H and O–H groups in total. The number of carbonyl (C=O) groups is 1. The highest BCUT2D eigenvalue weighted by molar-refractivity contribution is 7.47. The fourth-order valence-electron chi connectivity index (χ4n) is 8.62. The second kappa shape index (κ2) is 59.3. The van der Waals surface area contributed by atoms with Gasteiger partial charge in [-0.25, -0.2) is 4.57 Å². The summed E-state index contributed by atoms with van der Waals surface area (Å²) in [6.45, 7) is 4.67. The topological polar surface area (TPSA) is 105 Å². The van der Waals surface area contributed by atoms with Crippen LogP contribution >= 0.6 is 7.82 Å². The third-order valence-corrected chi connectivity index (χ3v) is 14.6. The van der Waals surface area contributed by atoms with E-state index in [9.17, 15) is 19.4 Å². The standard InChI is InChI=1S/C70H121N2O6P/c1-6-8-10-12-14-16-18-20-22-24-26-28-30-32-33-34-35-36-37-38-39-40-42-44-46-48-50-52-54-56-58-60-62-64-70(74)71-68(67-78-79(75,76)77-66-65-72(3,4)5)69(73)63-61-59-57-55-53-51-49-47-45-43-41-31-29-27-25-23-21-19-17-15-13-11-9-7-2/h8,10,14,16,20,22,26,28,32-33,35-36,38-39,42,44-45,47,53,55,61,63,68-69,73H,6-7,9,11-13,15,17-19,21,23-25,27,29-31,34,37,40-41,43,46,48-52,54,56-60,62,64-67H2,1-5H3,(H-,71,74,75,76)/p+1/b10-8-,16-14-,22-20-,28-26-,33-32-,36-35-,39-38-,44-42-,47-45+,55-53+,63-61+. The van der Waals surface area contributed by atoms with E-state index in [2.05, 4.69) is 141 Å². The summed E-state index contributed by atoms with van der Waals surface area (Å²) in [7, 11) is 1.52. The van der Waals surface area contributed by atoms with Crippen LogP contribution in [0.25, 0.3) is 0 Å². The van der Waals surface area contributed by atoms with Gasteiger partial charge in [-0.1, -0.05) is 270 Å². The number of phosphoric acid groups is 1. The lowest BCUT2D eigenvalue weighted by atomic mass is 10.0. The lowest BCUT2D eigenvalue weighted by Gasteiger charge is -2.25. The molecule has 8 nitrogen and oxygen atoms in total. The van der Waals surface area contributed by atoms with E-state index >= 15 is 0 Å². The number of nitrogens with zero attached hydrogens (tertiary/aromatic N) is 1. The molecule has 0 aromatic carbocycles. The van der Waals surface area contributed by atoms with Crippen LogP contribution in [0.4, 0.5) is 0 Å². The normalized spacial score (nSPS) is 14.7. The number of aliphatic hydroxyl groups excluding tert-OH is 1. The summed E-state index contributed by atoms with van der Waals surface area (Å²) in [6.07, 6.45) is 90.0. The van der Waals surface area contributed by atoms with Gasteiger partial charge in [0, 0.05) is 6.42 Å². The summed E-state index contributed by atoms with van der Waals surface area (Å²) in [5.74, 6) is -0.204. The van der Waals surface area contributed by atoms with Gasteiger partial charge in [-0.3, -0.25) is 13.8 Å². The number of unbranched alkanes of at least 4 members (excludes halogenated alkanes) is 24. The maximum atomic E-state index is 13.0. The maximum absolute atomic E-state index is 13.0. The molecule has 3 atom stereocenters. The number of amides is 1. The molecule has 0 spiro atoms. The number of aliphatic hydroxyl groups is 1. The van der Waals surface area contributed by atoms with E-state index in [1.165, 1.54) is 122 Å². The highest BCUT2D eigenvalue weighted by atomic mass is 31.2. The Kier molecular flexibility index (Phi) is 56.7. The van der Waals surface area contributed by atoms with Crippen molar-refractivity contribution in [2.45, 2.75) is 264 Å². The molecule has 3 unspecified atom stereocenters. The van der Waals surface area contributed by atoms with E-state index in [0.29, 0.717) is 17.4 Å². The van der Waals surface area contributed by atoms with Gasteiger partial charge in [-0.05, 0) is 109 Å². The Hall–Kier alpha value is -3.36. The van der Waals surface area contributed by atoms with E-state index in [1.807, 2.05) is 27.2 Å². The van der Waals surface area contributed by atoms with Gasteiger partial charge in [-0.15, -0.1) is 0 Å².